The van der Waals surface area contributed by atoms with Gasteiger partial charge in [-0.25, -0.2) is 4.79 Å². The summed E-state index contributed by atoms with van der Waals surface area (Å²) in [6, 6.07) is 9.19. The Bertz CT molecular complexity index is 389. The number of carbonyl (C=O) groups is 1. The average molecular weight is 221 g/mol. The Hall–Kier alpha value is -1.39. The molecule has 1 saturated heterocycles. The standard InChI is InChI=1S/C12H15NO3/c1-12(2)13-9(10(16-12)11(14)15)8-6-4-3-5-7-8/h3-7,9-10,13H,1-2H3,(H,14,15)/t9-,10+/m1/s1. The number of aliphatic carboxylic acids is 1. The van der Waals surface area contributed by atoms with Crippen molar-refractivity contribution >= 4 is 5.97 Å². The van der Waals surface area contributed by atoms with Crippen molar-refractivity contribution < 1.29 is 14.6 Å². The lowest BCUT2D eigenvalue weighted by molar-refractivity contribution is -0.153. The fraction of sp³-hybridized carbons (Fsp3) is 0.417. The van der Waals surface area contributed by atoms with Crippen molar-refractivity contribution in [2.75, 3.05) is 0 Å². The molecule has 2 N–H and O–H groups in total. The molecule has 1 aliphatic rings. The minimum absolute atomic E-state index is 0.298. The van der Waals surface area contributed by atoms with Gasteiger partial charge in [0.15, 0.2) is 6.10 Å². The predicted molar refractivity (Wildman–Crippen MR) is 58.9 cm³/mol. The Morgan fingerprint density at radius 2 is 2.00 bits per heavy atom. The van der Waals surface area contributed by atoms with E-state index in [0.717, 1.165) is 5.56 Å². The summed E-state index contributed by atoms with van der Waals surface area (Å²) in [4.78, 5) is 11.1. The van der Waals surface area contributed by atoms with E-state index < -0.39 is 17.8 Å². The normalized spacial score (nSPS) is 27.9. The van der Waals surface area contributed by atoms with E-state index in [1.807, 2.05) is 44.2 Å². The first kappa shape index (κ1) is 11.1. The van der Waals surface area contributed by atoms with Crippen LogP contribution in [0.1, 0.15) is 25.5 Å². The zero-order valence-corrected chi connectivity index (χ0v) is 9.31. The molecule has 2 rings (SSSR count). The topological polar surface area (TPSA) is 58.6 Å². The van der Waals surface area contributed by atoms with Gasteiger partial charge < -0.3 is 9.84 Å². The molecule has 16 heavy (non-hydrogen) atoms. The van der Waals surface area contributed by atoms with Crippen molar-refractivity contribution in [3.63, 3.8) is 0 Å². The van der Waals surface area contributed by atoms with Gasteiger partial charge in [0.05, 0.1) is 6.04 Å². The van der Waals surface area contributed by atoms with Gasteiger partial charge in [0.2, 0.25) is 0 Å². The first-order chi connectivity index (χ1) is 7.49. The molecule has 1 aromatic rings. The molecule has 0 aliphatic carbocycles. The van der Waals surface area contributed by atoms with E-state index >= 15 is 0 Å². The van der Waals surface area contributed by atoms with Crippen molar-refractivity contribution in [1.82, 2.24) is 5.32 Å². The Kier molecular flexibility index (Phi) is 2.69. The number of carboxylic acids is 1. The summed E-state index contributed by atoms with van der Waals surface area (Å²) in [7, 11) is 0. The lowest BCUT2D eigenvalue weighted by Crippen LogP contribution is -2.34. The molecule has 1 heterocycles. The number of nitrogens with one attached hydrogen (secondary N) is 1. The largest absolute Gasteiger partial charge is 0.479 e. The molecule has 0 saturated carbocycles. The van der Waals surface area contributed by atoms with Gasteiger partial charge in [-0.3, -0.25) is 5.32 Å². The van der Waals surface area contributed by atoms with Gasteiger partial charge in [0, 0.05) is 0 Å². The van der Waals surface area contributed by atoms with Gasteiger partial charge in [-0.15, -0.1) is 0 Å². The van der Waals surface area contributed by atoms with Crippen LogP contribution in [0.25, 0.3) is 0 Å². The van der Waals surface area contributed by atoms with E-state index in [2.05, 4.69) is 5.32 Å². The maximum absolute atomic E-state index is 11.1. The molecule has 0 bridgehead atoms. The van der Waals surface area contributed by atoms with Crippen molar-refractivity contribution in [2.24, 2.45) is 0 Å². The maximum atomic E-state index is 11.1. The summed E-state index contributed by atoms with van der Waals surface area (Å²) >= 11 is 0. The van der Waals surface area contributed by atoms with Crippen LogP contribution in [-0.4, -0.2) is 22.9 Å². The van der Waals surface area contributed by atoms with Crippen LogP contribution in [0.3, 0.4) is 0 Å². The minimum Gasteiger partial charge on any atom is -0.479 e. The fourth-order valence-electron chi connectivity index (χ4n) is 1.98. The molecule has 1 aromatic carbocycles. The molecule has 2 atom stereocenters. The second-order valence-electron chi connectivity index (χ2n) is 4.42. The highest BCUT2D eigenvalue weighted by Gasteiger charge is 2.44. The van der Waals surface area contributed by atoms with Crippen LogP contribution in [-0.2, 0) is 9.53 Å². The summed E-state index contributed by atoms with van der Waals surface area (Å²) in [6.45, 7) is 3.65. The van der Waals surface area contributed by atoms with Crippen LogP contribution in [0.4, 0.5) is 0 Å². The number of hydrogen-bond donors (Lipinski definition) is 2. The van der Waals surface area contributed by atoms with Crippen molar-refractivity contribution in [1.29, 1.82) is 0 Å². The second-order valence-corrected chi connectivity index (χ2v) is 4.42. The van der Waals surface area contributed by atoms with Gasteiger partial charge in [-0.2, -0.15) is 0 Å². The van der Waals surface area contributed by atoms with E-state index in [-0.39, 0.29) is 6.04 Å². The fourth-order valence-corrected chi connectivity index (χ4v) is 1.98. The zero-order valence-electron chi connectivity index (χ0n) is 9.31. The molecule has 4 nitrogen and oxygen atoms in total. The minimum atomic E-state index is -0.938. The molecule has 86 valence electrons. The smallest absolute Gasteiger partial charge is 0.334 e. The third kappa shape index (κ3) is 2.08. The highest BCUT2D eigenvalue weighted by atomic mass is 16.6. The quantitative estimate of drug-likeness (QED) is 0.795. The number of rotatable bonds is 2. The van der Waals surface area contributed by atoms with Gasteiger partial charge in [-0.1, -0.05) is 30.3 Å². The number of ether oxygens (including phenoxy) is 1. The molecular formula is C12H15NO3. The highest BCUT2D eigenvalue weighted by Crippen LogP contribution is 2.31. The van der Waals surface area contributed by atoms with E-state index in [4.69, 9.17) is 9.84 Å². The van der Waals surface area contributed by atoms with E-state index in [0.29, 0.717) is 0 Å². The molecule has 1 aliphatic heterocycles. The molecule has 1 fully saturated rings. The van der Waals surface area contributed by atoms with Crippen molar-refractivity contribution in [3.05, 3.63) is 35.9 Å². The van der Waals surface area contributed by atoms with Gasteiger partial charge in [0.25, 0.3) is 0 Å². The lowest BCUT2D eigenvalue weighted by Gasteiger charge is -2.17. The van der Waals surface area contributed by atoms with Crippen molar-refractivity contribution in [3.8, 4) is 0 Å². The molecule has 0 unspecified atom stereocenters. The Morgan fingerprint density at radius 3 is 2.56 bits per heavy atom. The zero-order chi connectivity index (χ0) is 11.8. The monoisotopic (exact) mass is 221 g/mol. The summed E-state index contributed by atoms with van der Waals surface area (Å²) in [5.74, 6) is -0.938. The van der Waals surface area contributed by atoms with Gasteiger partial charge in [-0.05, 0) is 19.4 Å². The highest BCUT2D eigenvalue weighted by molar-refractivity contribution is 5.74. The van der Waals surface area contributed by atoms with Crippen LogP contribution in [0.2, 0.25) is 0 Å². The van der Waals surface area contributed by atoms with Crippen LogP contribution >= 0.6 is 0 Å². The Morgan fingerprint density at radius 1 is 1.38 bits per heavy atom. The molecule has 0 aromatic heterocycles. The van der Waals surface area contributed by atoms with Crippen molar-refractivity contribution in [2.45, 2.75) is 31.7 Å². The summed E-state index contributed by atoms with van der Waals surface area (Å²) in [6.07, 6.45) is -0.836. The molecule has 0 spiro atoms. The first-order valence-electron chi connectivity index (χ1n) is 5.23. The Balaban J connectivity index is 2.29. The summed E-state index contributed by atoms with van der Waals surface area (Å²) in [5.41, 5.74) is 0.323. The molecular weight excluding hydrogens is 206 g/mol. The lowest BCUT2D eigenvalue weighted by atomic mass is 10.0. The Labute approximate surface area is 94.2 Å². The van der Waals surface area contributed by atoms with Crippen LogP contribution in [0.15, 0.2) is 30.3 Å². The van der Waals surface area contributed by atoms with Crippen LogP contribution in [0, 0.1) is 0 Å². The van der Waals surface area contributed by atoms with Crippen LogP contribution in [0.5, 0.6) is 0 Å². The average Bonchev–Trinajstić information content (AvgIpc) is 2.56. The summed E-state index contributed by atoms with van der Waals surface area (Å²) < 4.78 is 5.47. The molecule has 4 heteroatoms. The van der Waals surface area contributed by atoms with Crippen LogP contribution < -0.4 is 5.32 Å². The van der Waals surface area contributed by atoms with Gasteiger partial charge >= 0.3 is 5.97 Å². The molecule has 0 amide bonds. The van der Waals surface area contributed by atoms with E-state index in [9.17, 15) is 4.79 Å². The number of carboxylic acid groups (broad SMARTS) is 1. The third-order valence-electron chi connectivity index (χ3n) is 2.63. The van der Waals surface area contributed by atoms with Gasteiger partial charge in [0.1, 0.15) is 5.72 Å². The summed E-state index contributed by atoms with van der Waals surface area (Å²) in [5, 5.41) is 12.3. The maximum Gasteiger partial charge on any atom is 0.334 e. The second kappa shape index (κ2) is 3.88. The van der Waals surface area contributed by atoms with E-state index in [1.54, 1.807) is 0 Å². The van der Waals surface area contributed by atoms with E-state index in [1.165, 1.54) is 0 Å². The predicted octanol–water partition coefficient (Wildman–Crippen LogP) is 1.54. The first-order valence-corrected chi connectivity index (χ1v) is 5.23. The third-order valence-corrected chi connectivity index (χ3v) is 2.63. The SMILES string of the molecule is CC1(C)N[C@H](c2ccccc2)[C@@H](C(=O)O)O1. The number of benzene rings is 1. The molecule has 0 radical (unpaired) electrons. The number of hydrogen-bond acceptors (Lipinski definition) is 3.